The van der Waals surface area contributed by atoms with E-state index in [0.717, 1.165) is 5.56 Å². The van der Waals surface area contributed by atoms with Crippen LogP contribution in [0.1, 0.15) is 58.2 Å². The highest BCUT2D eigenvalue weighted by atomic mass is 35.5. The molecule has 1 aliphatic rings. The Labute approximate surface area is 277 Å². The van der Waals surface area contributed by atoms with Gasteiger partial charge in [-0.15, -0.1) is 0 Å². The Hall–Kier alpha value is -4.25. The number of methoxy groups -OCH3 is 1. The minimum Gasteiger partial charge on any atom is -0.507 e. The number of phenolic OH excluding ortho intramolecular Hbond substituents is 1. The molecule has 2 amide bonds. The van der Waals surface area contributed by atoms with E-state index in [1.54, 1.807) is 36.4 Å². The molecule has 0 fully saturated rings. The average molecular weight is 672 g/mol. The maximum Gasteiger partial charge on any atom is 0.411 e. The summed E-state index contributed by atoms with van der Waals surface area (Å²) in [4.78, 5) is 41.1. The summed E-state index contributed by atoms with van der Waals surface area (Å²) in [6.45, 7) is 5.37. The molecule has 0 aromatic heterocycles. The Kier molecular flexibility index (Phi) is 11.6. The first-order valence-electron chi connectivity index (χ1n) is 14.6. The second-order valence-corrected chi connectivity index (χ2v) is 11.6. The highest BCUT2D eigenvalue weighted by molar-refractivity contribution is 6.42. The summed E-state index contributed by atoms with van der Waals surface area (Å²) in [6, 6.07) is 14.2. The van der Waals surface area contributed by atoms with Gasteiger partial charge in [0.05, 0.1) is 41.9 Å². The van der Waals surface area contributed by atoms with Crippen LogP contribution in [0.15, 0.2) is 67.3 Å². The highest BCUT2D eigenvalue weighted by Gasteiger charge is 2.37. The number of phenols is 1. The van der Waals surface area contributed by atoms with Crippen LogP contribution in [-0.2, 0) is 27.2 Å². The smallest absolute Gasteiger partial charge is 0.411 e. The van der Waals surface area contributed by atoms with Crippen molar-refractivity contribution in [3.8, 4) is 11.5 Å². The van der Waals surface area contributed by atoms with Crippen molar-refractivity contribution in [1.29, 1.82) is 0 Å². The summed E-state index contributed by atoms with van der Waals surface area (Å²) in [6.07, 6.45) is 0.136. The first-order chi connectivity index (χ1) is 22.0. The lowest BCUT2D eigenvalue weighted by Crippen LogP contribution is -2.49. The molecular weight excluding hydrogens is 635 g/mol. The molecule has 0 radical (unpaired) electrons. The van der Waals surface area contributed by atoms with Crippen LogP contribution in [0.3, 0.4) is 0 Å². The molecule has 1 heterocycles. The lowest BCUT2D eigenvalue weighted by atomic mass is 9.91. The van der Waals surface area contributed by atoms with Crippen LogP contribution in [-0.4, -0.2) is 71.3 Å². The zero-order chi connectivity index (χ0) is 33.5. The number of esters is 1. The van der Waals surface area contributed by atoms with Gasteiger partial charge < -0.3 is 29.3 Å². The van der Waals surface area contributed by atoms with Crippen molar-refractivity contribution in [1.82, 2.24) is 9.80 Å². The summed E-state index contributed by atoms with van der Waals surface area (Å²) in [7, 11) is 2.73. The molecule has 0 bridgehead atoms. The number of hydrogen-bond acceptors (Lipinski definition) is 8. The van der Waals surface area contributed by atoms with Gasteiger partial charge in [-0.05, 0) is 65.1 Å². The van der Waals surface area contributed by atoms with Crippen LogP contribution in [0.2, 0.25) is 10.0 Å². The third-order valence-corrected chi connectivity index (χ3v) is 8.47. The Bertz CT molecular complexity index is 1600. The number of amides is 2. The molecule has 3 aromatic carbocycles. The number of hydrogen-bond donors (Lipinski definition) is 2. The van der Waals surface area contributed by atoms with E-state index in [1.165, 1.54) is 42.2 Å². The van der Waals surface area contributed by atoms with E-state index in [9.17, 15) is 24.6 Å². The quantitative estimate of drug-likeness (QED) is 0.181. The molecule has 0 spiro atoms. The number of carbonyl (C=O) groups is 3. The van der Waals surface area contributed by atoms with Crippen molar-refractivity contribution in [3.63, 3.8) is 0 Å². The predicted octanol–water partition coefficient (Wildman–Crippen LogP) is 6.26. The molecule has 1 aliphatic heterocycles. The lowest BCUT2D eigenvalue weighted by Gasteiger charge is -2.34. The zero-order valence-electron chi connectivity index (χ0n) is 25.7. The standard InChI is InChI=1S/C34H36Cl2N2O8/c1-5-13-45-34(43)38-18-23-17-29(39)25(14-22(23)16-28(38)33(42)44-4)32(41)37(3)19-30(40)20-7-10-24(11-8-20)46-31(6-2)21-9-12-26(35)27(36)15-21/h5,7-12,14-15,17,28,30-31,39-40H,1,6,13,16,18-19H2,2-4H3/t28-,30-,31+/m0/s1. The zero-order valence-corrected chi connectivity index (χ0v) is 27.3. The molecule has 3 aromatic rings. The fourth-order valence-corrected chi connectivity index (χ4v) is 5.54. The topological polar surface area (TPSA) is 126 Å². The van der Waals surface area contributed by atoms with Gasteiger partial charge in [0.15, 0.2) is 0 Å². The number of aliphatic hydroxyl groups excluding tert-OH is 1. The monoisotopic (exact) mass is 670 g/mol. The minimum atomic E-state index is -1.03. The molecular formula is C34H36Cl2N2O8. The number of nitrogens with zero attached hydrogens (tertiary/aromatic N) is 2. The molecule has 0 unspecified atom stereocenters. The van der Waals surface area contributed by atoms with Crippen molar-refractivity contribution >= 4 is 41.2 Å². The second-order valence-electron chi connectivity index (χ2n) is 10.8. The first-order valence-corrected chi connectivity index (χ1v) is 15.3. The van der Waals surface area contributed by atoms with E-state index in [2.05, 4.69) is 6.58 Å². The summed E-state index contributed by atoms with van der Waals surface area (Å²) in [5, 5.41) is 22.6. The van der Waals surface area contributed by atoms with Crippen molar-refractivity contribution in [2.45, 2.75) is 44.6 Å². The highest BCUT2D eigenvalue weighted by Crippen LogP contribution is 2.33. The summed E-state index contributed by atoms with van der Waals surface area (Å²) in [5.41, 5.74) is 2.60. The average Bonchev–Trinajstić information content (AvgIpc) is 3.05. The summed E-state index contributed by atoms with van der Waals surface area (Å²) < 4.78 is 16.2. The fourth-order valence-electron chi connectivity index (χ4n) is 5.23. The van der Waals surface area contributed by atoms with E-state index in [1.807, 2.05) is 13.0 Å². The third kappa shape index (κ3) is 7.93. The molecule has 2 N–H and O–H groups in total. The van der Waals surface area contributed by atoms with E-state index in [4.69, 9.17) is 37.4 Å². The van der Waals surface area contributed by atoms with Gasteiger partial charge in [0.1, 0.15) is 30.3 Å². The summed E-state index contributed by atoms with van der Waals surface area (Å²) in [5.74, 6) is -0.877. The fraction of sp³-hybridized carbons (Fsp3) is 0.324. The lowest BCUT2D eigenvalue weighted by molar-refractivity contribution is -0.146. The molecule has 0 saturated carbocycles. The number of ether oxygens (including phenoxy) is 3. The Balaban J connectivity index is 1.44. The van der Waals surface area contributed by atoms with Crippen LogP contribution in [0.5, 0.6) is 11.5 Å². The largest absolute Gasteiger partial charge is 0.507 e. The third-order valence-electron chi connectivity index (χ3n) is 7.73. The number of halogens is 2. The van der Waals surface area contributed by atoms with Gasteiger partial charge in [-0.1, -0.05) is 61.0 Å². The number of aromatic hydroxyl groups is 1. The van der Waals surface area contributed by atoms with Crippen molar-refractivity contribution in [2.24, 2.45) is 0 Å². The maximum atomic E-state index is 13.4. The Morgan fingerprint density at radius 2 is 1.76 bits per heavy atom. The molecule has 46 heavy (non-hydrogen) atoms. The van der Waals surface area contributed by atoms with E-state index in [0.29, 0.717) is 38.9 Å². The van der Waals surface area contributed by atoms with Gasteiger partial charge in [0.2, 0.25) is 0 Å². The van der Waals surface area contributed by atoms with Gasteiger partial charge >= 0.3 is 12.1 Å². The van der Waals surface area contributed by atoms with Gasteiger partial charge in [-0.25, -0.2) is 9.59 Å². The predicted molar refractivity (Wildman–Crippen MR) is 173 cm³/mol. The van der Waals surface area contributed by atoms with Gasteiger partial charge in [-0.2, -0.15) is 0 Å². The minimum absolute atomic E-state index is 0.00333. The first kappa shape index (κ1) is 34.6. The van der Waals surface area contributed by atoms with Crippen LogP contribution in [0.25, 0.3) is 0 Å². The number of carbonyl (C=O) groups excluding carboxylic acids is 3. The molecule has 0 saturated heterocycles. The van der Waals surface area contributed by atoms with Gasteiger partial charge in [0.25, 0.3) is 5.91 Å². The Morgan fingerprint density at radius 3 is 2.39 bits per heavy atom. The number of likely N-dealkylation sites (N-methyl/N-ethyl adjacent to an activating group) is 1. The van der Waals surface area contributed by atoms with Crippen LogP contribution >= 0.6 is 23.2 Å². The second kappa shape index (κ2) is 15.4. The number of aliphatic hydroxyl groups is 1. The molecule has 0 aliphatic carbocycles. The maximum absolute atomic E-state index is 13.4. The van der Waals surface area contributed by atoms with Crippen molar-refractivity contribution < 1.29 is 38.8 Å². The van der Waals surface area contributed by atoms with E-state index < -0.39 is 30.1 Å². The number of fused-ring (bicyclic) bond motifs is 1. The van der Waals surface area contributed by atoms with Gasteiger partial charge in [-0.3, -0.25) is 9.69 Å². The van der Waals surface area contributed by atoms with Crippen molar-refractivity contribution in [2.75, 3.05) is 27.3 Å². The number of rotatable bonds is 11. The number of benzene rings is 3. The molecule has 244 valence electrons. The van der Waals surface area contributed by atoms with Crippen LogP contribution in [0, 0.1) is 0 Å². The molecule has 12 heteroatoms. The van der Waals surface area contributed by atoms with Gasteiger partial charge in [0, 0.05) is 13.5 Å². The molecule has 10 nitrogen and oxygen atoms in total. The molecule has 3 atom stereocenters. The van der Waals surface area contributed by atoms with Crippen molar-refractivity contribution in [3.05, 3.63) is 105 Å². The summed E-state index contributed by atoms with van der Waals surface area (Å²) >= 11 is 12.2. The van der Waals surface area contributed by atoms with Crippen LogP contribution in [0.4, 0.5) is 4.79 Å². The van der Waals surface area contributed by atoms with Crippen LogP contribution < -0.4 is 4.74 Å². The Morgan fingerprint density at radius 1 is 1.07 bits per heavy atom. The van der Waals surface area contributed by atoms with E-state index in [-0.39, 0.29) is 43.5 Å². The molecule has 4 rings (SSSR count). The SMILES string of the molecule is C=CCOC(=O)N1Cc2cc(O)c(C(=O)N(C)C[C@H](O)c3ccc(O[C@H](CC)c4ccc(Cl)c(Cl)c4)cc3)cc2C[C@H]1C(=O)OC. The normalized spacial score (nSPS) is 15.3. The van der Waals surface area contributed by atoms with E-state index >= 15 is 0 Å².